The molecular weight excluding hydrogens is 460 g/mol. The Kier molecular flexibility index (Phi) is 6.87. The van der Waals surface area contributed by atoms with Crippen LogP contribution in [0.4, 0.5) is 9.59 Å². The predicted octanol–water partition coefficient (Wildman–Crippen LogP) is 3.79. The van der Waals surface area contributed by atoms with Crippen molar-refractivity contribution in [3.8, 4) is 0 Å². The molecule has 3 aliphatic heterocycles. The van der Waals surface area contributed by atoms with E-state index in [1.54, 1.807) is 9.96 Å². The highest BCUT2D eigenvalue weighted by Crippen LogP contribution is 2.32. The Morgan fingerprint density at radius 3 is 2.56 bits per heavy atom. The van der Waals surface area contributed by atoms with Crippen LogP contribution in [-0.2, 0) is 22.7 Å². The van der Waals surface area contributed by atoms with Gasteiger partial charge in [-0.15, -0.1) is 5.10 Å². The summed E-state index contributed by atoms with van der Waals surface area (Å²) in [6.45, 7) is 8.64. The minimum atomic E-state index is -0.489. The zero-order valence-electron chi connectivity index (χ0n) is 21.4. The number of amides is 3. The molecule has 0 radical (unpaired) electrons. The fourth-order valence-electron chi connectivity index (χ4n) is 5.28. The van der Waals surface area contributed by atoms with Gasteiger partial charge in [0.2, 0.25) is 0 Å². The van der Waals surface area contributed by atoms with E-state index in [-0.39, 0.29) is 30.1 Å². The third kappa shape index (κ3) is 5.48. The molecule has 3 saturated heterocycles. The molecular formula is C26H36N6O4. The number of benzene rings is 1. The number of aromatic nitrogens is 3. The third-order valence-corrected chi connectivity index (χ3v) is 7.18. The van der Waals surface area contributed by atoms with E-state index >= 15 is 0 Å². The van der Waals surface area contributed by atoms with Gasteiger partial charge in [-0.25, -0.2) is 9.59 Å². The average molecular weight is 497 g/mol. The van der Waals surface area contributed by atoms with Crippen LogP contribution in [-0.4, -0.2) is 79.3 Å². The zero-order chi connectivity index (χ0) is 25.3. The molecule has 0 spiro atoms. The first-order chi connectivity index (χ1) is 17.3. The highest BCUT2D eigenvalue weighted by Gasteiger charge is 2.45. The summed E-state index contributed by atoms with van der Waals surface area (Å²) in [6, 6.07) is 10.0. The van der Waals surface area contributed by atoms with Crippen molar-refractivity contribution >= 4 is 12.1 Å². The first-order valence-electron chi connectivity index (χ1n) is 12.9. The van der Waals surface area contributed by atoms with Gasteiger partial charge < -0.3 is 14.5 Å². The Balaban J connectivity index is 1.13. The minimum Gasteiger partial charge on any atom is -0.444 e. The van der Waals surface area contributed by atoms with Crippen LogP contribution in [0.2, 0.25) is 0 Å². The number of nitrogens with zero attached hydrogens (tertiary/aromatic N) is 6. The molecule has 36 heavy (non-hydrogen) atoms. The Bertz CT molecular complexity index is 1060. The molecule has 10 nitrogen and oxygen atoms in total. The fraction of sp³-hybridized carbons (Fsp3) is 0.615. The minimum absolute atomic E-state index is 0.0618. The summed E-state index contributed by atoms with van der Waals surface area (Å²) in [5.74, 6) is 0.267. The van der Waals surface area contributed by atoms with Gasteiger partial charge in [0.1, 0.15) is 12.2 Å². The lowest BCUT2D eigenvalue weighted by Gasteiger charge is -2.32. The molecule has 4 heterocycles. The topological polar surface area (TPSA) is 93.0 Å². The molecule has 1 aromatic carbocycles. The highest BCUT2D eigenvalue weighted by molar-refractivity contribution is 5.76. The van der Waals surface area contributed by atoms with Crippen molar-refractivity contribution in [1.29, 1.82) is 0 Å². The maximum absolute atomic E-state index is 13.1. The van der Waals surface area contributed by atoms with E-state index in [9.17, 15) is 9.59 Å². The number of hydrogen-bond acceptors (Lipinski definition) is 6. The lowest BCUT2D eigenvalue weighted by molar-refractivity contribution is -0.140. The van der Waals surface area contributed by atoms with Crippen LogP contribution in [0.1, 0.15) is 63.6 Å². The van der Waals surface area contributed by atoms with E-state index in [0.717, 1.165) is 36.9 Å². The molecule has 2 aromatic rings. The van der Waals surface area contributed by atoms with E-state index in [1.807, 2.05) is 66.9 Å². The number of ether oxygens (including phenoxy) is 1. The molecule has 0 saturated carbocycles. The van der Waals surface area contributed by atoms with Gasteiger partial charge >= 0.3 is 12.1 Å². The maximum Gasteiger partial charge on any atom is 0.410 e. The second-order valence-corrected chi connectivity index (χ2v) is 11.0. The van der Waals surface area contributed by atoms with E-state index < -0.39 is 5.60 Å². The molecule has 10 heteroatoms. The van der Waals surface area contributed by atoms with Gasteiger partial charge in [0.05, 0.1) is 24.3 Å². The lowest BCUT2D eigenvalue weighted by atomic mass is 9.94. The Hall–Kier alpha value is -3.14. The third-order valence-electron chi connectivity index (χ3n) is 7.18. The van der Waals surface area contributed by atoms with Gasteiger partial charge in [-0.1, -0.05) is 35.5 Å². The second-order valence-electron chi connectivity index (χ2n) is 11.0. The Morgan fingerprint density at radius 2 is 1.83 bits per heavy atom. The Morgan fingerprint density at radius 1 is 1.08 bits per heavy atom. The van der Waals surface area contributed by atoms with Crippen molar-refractivity contribution in [2.24, 2.45) is 0 Å². The average Bonchev–Trinajstić information content (AvgIpc) is 3.42. The van der Waals surface area contributed by atoms with E-state index in [2.05, 4.69) is 10.3 Å². The van der Waals surface area contributed by atoms with Crippen LogP contribution in [0.5, 0.6) is 0 Å². The summed E-state index contributed by atoms with van der Waals surface area (Å²) in [5, 5.41) is 10.4. The molecule has 3 amide bonds. The van der Waals surface area contributed by atoms with Crippen LogP contribution in [0.3, 0.4) is 0 Å². The first kappa shape index (κ1) is 24.5. The van der Waals surface area contributed by atoms with Gasteiger partial charge in [0.25, 0.3) is 0 Å². The summed E-state index contributed by atoms with van der Waals surface area (Å²) in [7, 11) is 0. The number of piperidine rings is 2. The van der Waals surface area contributed by atoms with Crippen molar-refractivity contribution in [3.63, 3.8) is 0 Å². The number of carbonyl (C=O) groups excluding carboxylic acids is 2. The van der Waals surface area contributed by atoms with E-state index in [4.69, 9.17) is 9.57 Å². The predicted molar refractivity (Wildman–Crippen MR) is 132 cm³/mol. The maximum atomic E-state index is 13.1. The van der Waals surface area contributed by atoms with Gasteiger partial charge in [0.15, 0.2) is 0 Å². The molecule has 0 aliphatic carbocycles. The van der Waals surface area contributed by atoms with Gasteiger partial charge in [-0.3, -0.25) is 9.52 Å². The van der Waals surface area contributed by atoms with Crippen molar-refractivity contribution in [1.82, 2.24) is 29.9 Å². The monoisotopic (exact) mass is 496 g/mol. The zero-order valence-corrected chi connectivity index (χ0v) is 21.4. The molecule has 5 rings (SSSR count). The van der Waals surface area contributed by atoms with Crippen molar-refractivity contribution in [3.05, 3.63) is 47.8 Å². The van der Waals surface area contributed by atoms with Gasteiger partial charge in [-0.2, -0.15) is 5.06 Å². The number of fused-ring (bicyclic) bond motifs is 2. The van der Waals surface area contributed by atoms with Crippen molar-refractivity contribution in [2.75, 3.05) is 19.6 Å². The Labute approximate surface area is 212 Å². The molecule has 3 fully saturated rings. The van der Waals surface area contributed by atoms with Crippen LogP contribution in [0.25, 0.3) is 0 Å². The molecule has 2 bridgehead atoms. The molecule has 1 aromatic heterocycles. The van der Waals surface area contributed by atoms with Gasteiger partial charge in [0, 0.05) is 31.7 Å². The molecule has 3 aliphatic rings. The van der Waals surface area contributed by atoms with Gasteiger partial charge in [-0.05, 0) is 52.0 Å². The van der Waals surface area contributed by atoms with E-state index in [1.165, 1.54) is 0 Å². The van der Waals surface area contributed by atoms with Crippen molar-refractivity contribution in [2.45, 2.75) is 83.2 Å². The standard InChI is InChI=1S/C26H36N6O4/c1-26(2,3)36-25(34)29-13-11-20(12-14-29)23-17-30(28-27-23)15-21-9-10-22-16-31(21)24(33)32(22)35-18-19-7-5-4-6-8-19/h4-8,17,20-22H,9-16,18H2,1-3H3/t21-,22+/m0/s1. The van der Waals surface area contributed by atoms with Crippen LogP contribution in [0.15, 0.2) is 36.5 Å². The van der Waals surface area contributed by atoms with E-state index in [0.29, 0.717) is 32.8 Å². The summed E-state index contributed by atoms with van der Waals surface area (Å²) in [4.78, 5) is 35.0. The summed E-state index contributed by atoms with van der Waals surface area (Å²) in [6.07, 6.45) is 5.24. The van der Waals surface area contributed by atoms with Crippen molar-refractivity contribution < 1.29 is 19.2 Å². The number of rotatable bonds is 6. The number of urea groups is 1. The fourth-order valence-corrected chi connectivity index (χ4v) is 5.28. The summed E-state index contributed by atoms with van der Waals surface area (Å²) in [5.41, 5.74) is 1.51. The normalized spacial score (nSPS) is 22.9. The van der Waals surface area contributed by atoms with Crippen LogP contribution in [0, 0.1) is 0 Å². The lowest BCUT2D eigenvalue weighted by Crippen LogP contribution is -2.42. The number of likely N-dealkylation sites (tertiary alicyclic amines) is 1. The second kappa shape index (κ2) is 10.1. The molecule has 194 valence electrons. The quantitative estimate of drug-likeness (QED) is 0.604. The summed E-state index contributed by atoms with van der Waals surface area (Å²) >= 11 is 0. The first-order valence-corrected chi connectivity index (χ1v) is 12.9. The molecule has 2 atom stereocenters. The number of hydroxylamine groups is 2. The smallest absolute Gasteiger partial charge is 0.410 e. The largest absolute Gasteiger partial charge is 0.444 e. The number of carbonyl (C=O) groups is 2. The molecule has 0 N–H and O–H groups in total. The summed E-state index contributed by atoms with van der Waals surface area (Å²) < 4.78 is 7.36. The number of hydrogen-bond donors (Lipinski definition) is 0. The molecule has 0 unspecified atom stereocenters. The van der Waals surface area contributed by atoms with Crippen LogP contribution >= 0.6 is 0 Å². The highest BCUT2D eigenvalue weighted by atomic mass is 16.7. The van der Waals surface area contributed by atoms with Crippen LogP contribution < -0.4 is 0 Å². The SMILES string of the molecule is CC(C)(C)OC(=O)N1CCC(c2cn(C[C@@H]3CC[C@@H]4CN3C(=O)N4OCc3ccccc3)nn2)CC1.